The van der Waals surface area contributed by atoms with Gasteiger partial charge in [-0.05, 0) is 25.4 Å². The molecule has 1 aliphatic rings. The zero-order chi connectivity index (χ0) is 10.7. The van der Waals surface area contributed by atoms with Crippen LogP contribution in [0.5, 0.6) is 0 Å². The van der Waals surface area contributed by atoms with Crippen molar-refractivity contribution < 1.29 is 9.21 Å². The van der Waals surface area contributed by atoms with Crippen LogP contribution in [0.3, 0.4) is 0 Å². The normalized spacial score (nSPS) is 22.1. The van der Waals surface area contributed by atoms with Crippen LogP contribution in [0.1, 0.15) is 29.7 Å². The number of carbonyl (C=O) groups is 1. The summed E-state index contributed by atoms with van der Waals surface area (Å²) in [6, 6.07) is 0. The van der Waals surface area contributed by atoms with E-state index in [-0.39, 0.29) is 0 Å². The van der Waals surface area contributed by atoms with Crippen LogP contribution in [-0.4, -0.2) is 35.8 Å². The molecule has 15 heavy (non-hydrogen) atoms. The molecular weight excluding hydrogens is 192 g/mol. The number of rotatable bonds is 4. The molecule has 82 valence electrons. The summed E-state index contributed by atoms with van der Waals surface area (Å²) in [4.78, 5) is 16.9. The van der Waals surface area contributed by atoms with Gasteiger partial charge in [-0.2, -0.15) is 0 Å². The van der Waals surface area contributed by atoms with Crippen molar-refractivity contribution in [2.45, 2.75) is 19.8 Å². The minimum Gasteiger partial charge on any atom is -0.448 e. The SMILES string of the molecule is CCN1CCC(Cc2nc(C=O)co2)C1. The molecule has 0 aliphatic carbocycles. The largest absolute Gasteiger partial charge is 0.448 e. The standard InChI is InChI=1S/C11H16N2O2/c1-2-13-4-3-9(6-13)5-11-12-10(7-14)8-15-11/h7-9H,2-6H2,1H3. The molecule has 0 N–H and O–H groups in total. The lowest BCUT2D eigenvalue weighted by atomic mass is 10.1. The average molecular weight is 208 g/mol. The smallest absolute Gasteiger partial charge is 0.194 e. The molecule has 4 heteroatoms. The van der Waals surface area contributed by atoms with Gasteiger partial charge in [0.2, 0.25) is 0 Å². The Labute approximate surface area is 89.3 Å². The van der Waals surface area contributed by atoms with E-state index in [1.165, 1.54) is 19.2 Å². The molecule has 1 aromatic rings. The Kier molecular flexibility index (Phi) is 3.16. The van der Waals surface area contributed by atoms with Crippen molar-refractivity contribution in [2.75, 3.05) is 19.6 Å². The number of aldehydes is 1. The molecule has 1 saturated heterocycles. The molecule has 0 spiro atoms. The molecule has 1 aromatic heterocycles. The Morgan fingerprint density at radius 1 is 1.73 bits per heavy atom. The fourth-order valence-corrected chi connectivity index (χ4v) is 2.09. The maximum Gasteiger partial charge on any atom is 0.194 e. The van der Waals surface area contributed by atoms with E-state index in [2.05, 4.69) is 16.8 Å². The van der Waals surface area contributed by atoms with Gasteiger partial charge >= 0.3 is 0 Å². The van der Waals surface area contributed by atoms with Crippen molar-refractivity contribution in [1.29, 1.82) is 0 Å². The molecule has 0 aromatic carbocycles. The van der Waals surface area contributed by atoms with Gasteiger partial charge in [0.15, 0.2) is 12.2 Å². The summed E-state index contributed by atoms with van der Waals surface area (Å²) in [6.07, 6.45) is 4.20. The second-order valence-corrected chi connectivity index (χ2v) is 4.04. The van der Waals surface area contributed by atoms with Crippen LogP contribution in [0.25, 0.3) is 0 Å². The molecule has 0 bridgehead atoms. The third-order valence-electron chi connectivity index (χ3n) is 2.97. The van der Waals surface area contributed by atoms with Crippen LogP contribution < -0.4 is 0 Å². The number of hydrogen-bond donors (Lipinski definition) is 0. The Hall–Kier alpha value is -1.16. The fraction of sp³-hybridized carbons (Fsp3) is 0.636. The first kappa shape index (κ1) is 10.4. The van der Waals surface area contributed by atoms with Crippen LogP contribution in [0.4, 0.5) is 0 Å². The predicted molar refractivity (Wildman–Crippen MR) is 55.8 cm³/mol. The molecule has 1 aliphatic heterocycles. The summed E-state index contributed by atoms with van der Waals surface area (Å²) in [7, 11) is 0. The van der Waals surface area contributed by atoms with Crippen molar-refractivity contribution in [1.82, 2.24) is 9.88 Å². The Morgan fingerprint density at radius 3 is 3.20 bits per heavy atom. The maximum absolute atomic E-state index is 10.4. The van der Waals surface area contributed by atoms with Gasteiger partial charge in [-0.1, -0.05) is 6.92 Å². The van der Waals surface area contributed by atoms with E-state index in [0.717, 1.165) is 25.8 Å². The molecule has 0 radical (unpaired) electrons. The van der Waals surface area contributed by atoms with Crippen molar-refractivity contribution in [3.63, 3.8) is 0 Å². The molecule has 2 rings (SSSR count). The Morgan fingerprint density at radius 2 is 2.60 bits per heavy atom. The zero-order valence-electron chi connectivity index (χ0n) is 8.98. The lowest BCUT2D eigenvalue weighted by molar-refractivity contribution is 0.111. The van der Waals surface area contributed by atoms with Crippen LogP contribution in [0.2, 0.25) is 0 Å². The first-order chi connectivity index (χ1) is 7.31. The summed E-state index contributed by atoms with van der Waals surface area (Å²) >= 11 is 0. The molecule has 0 saturated carbocycles. The fourth-order valence-electron chi connectivity index (χ4n) is 2.09. The van der Waals surface area contributed by atoms with Crippen LogP contribution in [0, 0.1) is 5.92 Å². The maximum atomic E-state index is 10.4. The summed E-state index contributed by atoms with van der Waals surface area (Å²) < 4.78 is 5.23. The van der Waals surface area contributed by atoms with E-state index in [4.69, 9.17) is 4.42 Å². The van der Waals surface area contributed by atoms with Gasteiger partial charge < -0.3 is 9.32 Å². The molecule has 1 atom stereocenters. The van der Waals surface area contributed by atoms with Gasteiger partial charge in [0.1, 0.15) is 12.0 Å². The highest BCUT2D eigenvalue weighted by Gasteiger charge is 2.22. The Bertz CT molecular complexity index is 335. The summed E-state index contributed by atoms with van der Waals surface area (Å²) in [5, 5.41) is 0. The monoisotopic (exact) mass is 208 g/mol. The van der Waals surface area contributed by atoms with E-state index >= 15 is 0 Å². The molecule has 0 amide bonds. The summed E-state index contributed by atoms with van der Waals surface area (Å²) in [5.74, 6) is 1.32. The van der Waals surface area contributed by atoms with Gasteiger partial charge in [0.05, 0.1) is 0 Å². The van der Waals surface area contributed by atoms with Gasteiger partial charge in [-0.25, -0.2) is 4.98 Å². The van der Waals surface area contributed by atoms with Gasteiger partial charge in [-0.15, -0.1) is 0 Å². The van der Waals surface area contributed by atoms with Gasteiger partial charge in [0.25, 0.3) is 0 Å². The molecule has 1 fully saturated rings. The number of hydrogen-bond acceptors (Lipinski definition) is 4. The minimum atomic E-state index is 0.398. The third-order valence-corrected chi connectivity index (χ3v) is 2.97. The number of carbonyl (C=O) groups excluding carboxylic acids is 1. The van der Waals surface area contributed by atoms with E-state index in [0.29, 0.717) is 17.5 Å². The van der Waals surface area contributed by atoms with E-state index in [1.54, 1.807) is 0 Å². The number of nitrogens with zero attached hydrogens (tertiary/aromatic N) is 2. The van der Waals surface area contributed by atoms with E-state index in [1.807, 2.05) is 0 Å². The van der Waals surface area contributed by atoms with Crippen LogP contribution in [0.15, 0.2) is 10.7 Å². The lowest BCUT2D eigenvalue weighted by Crippen LogP contribution is -2.20. The number of likely N-dealkylation sites (tertiary alicyclic amines) is 1. The first-order valence-electron chi connectivity index (χ1n) is 5.43. The lowest BCUT2D eigenvalue weighted by Gasteiger charge is -2.11. The van der Waals surface area contributed by atoms with E-state index in [9.17, 15) is 4.79 Å². The van der Waals surface area contributed by atoms with Crippen molar-refractivity contribution in [3.8, 4) is 0 Å². The minimum absolute atomic E-state index is 0.398. The second-order valence-electron chi connectivity index (χ2n) is 4.04. The van der Waals surface area contributed by atoms with Crippen molar-refractivity contribution in [3.05, 3.63) is 17.8 Å². The average Bonchev–Trinajstić information content (AvgIpc) is 2.87. The van der Waals surface area contributed by atoms with Crippen molar-refractivity contribution in [2.24, 2.45) is 5.92 Å². The molecule has 2 heterocycles. The van der Waals surface area contributed by atoms with Crippen LogP contribution >= 0.6 is 0 Å². The van der Waals surface area contributed by atoms with Gasteiger partial charge in [0, 0.05) is 13.0 Å². The Balaban J connectivity index is 1.89. The quantitative estimate of drug-likeness (QED) is 0.701. The van der Waals surface area contributed by atoms with Crippen LogP contribution in [-0.2, 0) is 6.42 Å². The molecule has 4 nitrogen and oxygen atoms in total. The topological polar surface area (TPSA) is 46.3 Å². The first-order valence-corrected chi connectivity index (χ1v) is 5.43. The van der Waals surface area contributed by atoms with Crippen molar-refractivity contribution >= 4 is 6.29 Å². The highest BCUT2D eigenvalue weighted by Crippen LogP contribution is 2.19. The highest BCUT2D eigenvalue weighted by molar-refractivity contribution is 5.70. The second kappa shape index (κ2) is 4.57. The third kappa shape index (κ3) is 2.45. The number of oxazole rings is 1. The van der Waals surface area contributed by atoms with E-state index < -0.39 is 0 Å². The molecular formula is C11H16N2O2. The number of aromatic nitrogens is 1. The summed E-state index contributed by atoms with van der Waals surface area (Å²) in [5.41, 5.74) is 0.398. The predicted octanol–water partition coefficient (Wildman–Crippen LogP) is 1.37. The zero-order valence-corrected chi connectivity index (χ0v) is 8.98. The highest BCUT2D eigenvalue weighted by atomic mass is 16.3. The van der Waals surface area contributed by atoms with Gasteiger partial charge in [-0.3, -0.25) is 4.79 Å². The molecule has 1 unspecified atom stereocenters. The summed E-state index contributed by atoms with van der Waals surface area (Å²) in [6.45, 7) is 5.58.